The fourth-order valence-electron chi connectivity index (χ4n) is 6.53. The average molecular weight is 827 g/mol. The van der Waals surface area contributed by atoms with E-state index in [1.165, 1.54) is 22.6 Å². The number of aliphatic hydroxyl groups excluding tert-OH is 1. The van der Waals surface area contributed by atoms with Gasteiger partial charge in [0.25, 0.3) is 0 Å². The fourth-order valence-corrected chi connectivity index (χ4v) is 6.53. The SMILES string of the molecule is CC(C)(C)c1cc(C2=NCCc3oc4ccc5c(c4c32)OCC5)[c-]c2ccccc12.CCC(C)(CC)C(=O)/C=C(\O)C(C)(CC)CC.[Ir]. The monoisotopic (exact) mass is 827 g/mol. The first kappa shape index (κ1) is 37.6. The molecular weight excluding hydrogens is 775 g/mol. The van der Waals surface area contributed by atoms with E-state index in [1.54, 1.807) is 0 Å². The molecule has 4 aromatic rings. The quantitative estimate of drug-likeness (QED) is 0.109. The van der Waals surface area contributed by atoms with E-state index in [4.69, 9.17) is 14.1 Å². The third kappa shape index (κ3) is 7.07. The summed E-state index contributed by atoms with van der Waals surface area (Å²) in [5, 5.41) is 13.6. The first-order chi connectivity index (χ1) is 22.3. The van der Waals surface area contributed by atoms with Crippen molar-refractivity contribution in [2.45, 2.75) is 106 Å². The summed E-state index contributed by atoms with van der Waals surface area (Å²) in [6.07, 6.45) is 6.53. The van der Waals surface area contributed by atoms with Crippen LogP contribution >= 0.6 is 0 Å². The van der Waals surface area contributed by atoms with Gasteiger partial charge in [0, 0.05) is 67.7 Å². The predicted octanol–water partition coefficient (Wildman–Crippen LogP) is 10.7. The number of nitrogens with zero attached hydrogens (tertiary/aromatic N) is 1. The van der Waals surface area contributed by atoms with E-state index in [1.807, 2.05) is 41.5 Å². The van der Waals surface area contributed by atoms with E-state index in [0.717, 1.165) is 96.4 Å². The molecule has 0 aliphatic carbocycles. The van der Waals surface area contributed by atoms with Gasteiger partial charge in [-0.15, -0.1) is 29.1 Å². The molecule has 0 bridgehead atoms. The summed E-state index contributed by atoms with van der Waals surface area (Å²) in [5.41, 5.74) is 6.00. The molecule has 3 heterocycles. The number of allylic oxidation sites excluding steroid dienone is 2. The minimum Gasteiger partial charge on any atom is -0.512 e. The Labute approximate surface area is 300 Å². The summed E-state index contributed by atoms with van der Waals surface area (Å²) in [7, 11) is 0. The molecule has 6 heteroatoms. The van der Waals surface area contributed by atoms with E-state index >= 15 is 0 Å². The van der Waals surface area contributed by atoms with Gasteiger partial charge in [0.15, 0.2) is 5.78 Å². The normalized spacial score (nSPS) is 14.8. The molecule has 1 radical (unpaired) electrons. The van der Waals surface area contributed by atoms with Crippen molar-refractivity contribution in [3.63, 3.8) is 0 Å². The van der Waals surface area contributed by atoms with Crippen LogP contribution in [0.5, 0.6) is 5.75 Å². The zero-order chi connectivity index (χ0) is 34.1. The molecule has 0 saturated carbocycles. The number of benzene rings is 3. The van der Waals surface area contributed by atoms with Crippen LogP contribution in [-0.2, 0) is 43.2 Å². The summed E-state index contributed by atoms with van der Waals surface area (Å²) in [6.45, 7) is 20.3. The zero-order valence-electron chi connectivity index (χ0n) is 30.2. The topological polar surface area (TPSA) is 72.0 Å². The number of hydrogen-bond acceptors (Lipinski definition) is 5. The minimum atomic E-state index is -0.337. The van der Waals surface area contributed by atoms with Crippen LogP contribution in [0.4, 0.5) is 0 Å². The van der Waals surface area contributed by atoms with E-state index in [0.29, 0.717) is 0 Å². The summed E-state index contributed by atoms with van der Waals surface area (Å²) in [6, 6.07) is 18.7. The molecule has 0 unspecified atom stereocenters. The molecule has 0 spiro atoms. The van der Waals surface area contributed by atoms with Gasteiger partial charge in [0.05, 0.1) is 12.0 Å². The minimum absolute atomic E-state index is 0. The van der Waals surface area contributed by atoms with Gasteiger partial charge in [0.2, 0.25) is 0 Å². The number of ketones is 1. The maximum absolute atomic E-state index is 12.2. The number of carbonyl (C=O) groups excluding carboxylic acids is 1. The van der Waals surface area contributed by atoms with Crippen LogP contribution in [-0.4, -0.2) is 29.8 Å². The molecule has 0 amide bonds. The number of furan rings is 1. The maximum atomic E-state index is 12.2. The Morgan fingerprint density at radius 1 is 0.938 bits per heavy atom. The zero-order valence-corrected chi connectivity index (χ0v) is 32.6. The number of aliphatic hydroxyl groups is 1. The van der Waals surface area contributed by atoms with Gasteiger partial charge in [0.1, 0.15) is 22.9 Å². The van der Waals surface area contributed by atoms with Gasteiger partial charge in [-0.05, 0) is 42.7 Å². The summed E-state index contributed by atoms with van der Waals surface area (Å²) in [5.74, 6) is 2.27. The largest absolute Gasteiger partial charge is 0.512 e. The van der Waals surface area contributed by atoms with Crippen LogP contribution in [0, 0.1) is 16.9 Å². The summed E-state index contributed by atoms with van der Waals surface area (Å²) in [4.78, 5) is 17.2. The van der Waals surface area contributed by atoms with Crippen LogP contribution in [0.2, 0.25) is 0 Å². The second-order valence-electron chi connectivity index (χ2n) is 14.7. The molecule has 0 fully saturated rings. The molecule has 2 aliphatic heterocycles. The third-order valence-electron chi connectivity index (χ3n) is 10.9. The van der Waals surface area contributed by atoms with Crippen molar-refractivity contribution < 1.29 is 39.2 Å². The van der Waals surface area contributed by atoms with E-state index in [9.17, 15) is 9.90 Å². The average Bonchev–Trinajstić information content (AvgIpc) is 3.71. The molecule has 2 aliphatic rings. The first-order valence-corrected chi connectivity index (χ1v) is 17.5. The van der Waals surface area contributed by atoms with Crippen molar-refractivity contribution in [2.24, 2.45) is 15.8 Å². The molecule has 1 N–H and O–H groups in total. The Bertz CT molecular complexity index is 1850. The van der Waals surface area contributed by atoms with E-state index in [2.05, 4.69) is 69.3 Å². The maximum Gasteiger partial charge on any atom is 0.164 e. The Kier molecular flexibility index (Phi) is 11.5. The smallest absolute Gasteiger partial charge is 0.164 e. The van der Waals surface area contributed by atoms with Gasteiger partial charge in [-0.1, -0.05) is 97.5 Å². The van der Waals surface area contributed by atoms with Crippen LogP contribution in [0.1, 0.15) is 116 Å². The molecule has 259 valence electrons. The number of carbonyl (C=O) groups is 1. The molecule has 0 atom stereocenters. The van der Waals surface area contributed by atoms with Crippen molar-refractivity contribution >= 4 is 33.2 Å². The Morgan fingerprint density at radius 2 is 1.60 bits per heavy atom. The van der Waals surface area contributed by atoms with Gasteiger partial charge in [-0.2, -0.15) is 0 Å². The van der Waals surface area contributed by atoms with Crippen LogP contribution in [0.25, 0.3) is 21.7 Å². The van der Waals surface area contributed by atoms with Crippen molar-refractivity contribution in [3.8, 4) is 5.75 Å². The first-order valence-electron chi connectivity index (χ1n) is 17.5. The van der Waals surface area contributed by atoms with Gasteiger partial charge in [-0.25, -0.2) is 0 Å². The number of ether oxygens (including phenoxy) is 1. The molecule has 48 heavy (non-hydrogen) atoms. The molecule has 1 aromatic heterocycles. The number of aliphatic imine (C=N–C) groups is 1. The van der Waals surface area contributed by atoms with Crippen LogP contribution in [0.3, 0.4) is 0 Å². The summed E-state index contributed by atoms with van der Waals surface area (Å²) >= 11 is 0. The van der Waals surface area contributed by atoms with Crippen LogP contribution < -0.4 is 4.74 Å². The predicted molar refractivity (Wildman–Crippen MR) is 194 cm³/mol. The van der Waals surface area contributed by atoms with E-state index in [-0.39, 0.29) is 47.9 Å². The number of fused-ring (bicyclic) bond motifs is 6. The van der Waals surface area contributed by atoms with Crippen molar-refractivity contribution in [1.82, 2.24) is 0 Å². The number of hydrogen-bond donors (Lipinski definition) is 1. The Morgan fingerprint density at radius 3 is 2.25 bits per heavy atom. The van der Waals surface area contributed by atoms with Crippen molar-refractivity contribution in [2.75, 3.05) is 13.2 Å². The molecule has 3 aromatic carbocycles. The Balaban J connectivity index is 0.000000251. The van der Waals surface area contributed by atoms with Gasteiger partial charge in [-0.3, -0.25) is 4.79 Å². The molecule has 6 rings (SSSR count). The van der Waals surface area contributed by atoms with Crippen LogP contribution in [0.15, 0.2) is 63.7 Å². The Hall–Kier alpha value is -3.21. The second kappa shape index (κ2) is 14.7. The standard InChI is InChI=1S/C27H24NO2.C15H28O2.Ir/c1-27(2,3)20-15-18(14-17-6-4-5-7-19(17)20)25-23-22(10-12-28-25)30-21-9-8-16-11-13-29-26(16)24(21)23;1-7-14(5,8-2)12(16)11-13(17)15(6,9-3)10-4;/h4-9,15H,10-13H2,1-3H3;11,16H,7-10H2,1-6H3;/q-1;;/b;12-11-;. The molecule has 0 saturated heterocycles. The number of rotatable bonds is 8. The van der Waals surface area contributed by atoms with Crippen molar-refractivity contribution in [3.05, 3.63) is 88.4 Å². The summed E-state index contributed by atoms with van der Waals surface area (Å²) < 4.78 is 12.3. The fraction of sp³-hybridized carbons (Fsp3) is 0.476. The third-order valence-corrected chi connectivity index (χ3v) is 10.9. The second-order valence-corrected chi connectivity index (χ2v) is 14.7. The molecule has 5 nitrogen and oxygen atoms in total. The van der Waals surface area contributed by atoms with E-state index < -0.39 is 0 Å². The van der Waals surface area contributed by atoms with Gasteiger partial charge >= 0.3 is 0 Å². The van der Waals surface area contributed by atoms with Crippen molar-refractivity contribution in [1.29, 1.82) is 0 Å². The molecular formula is C42H52IrNO4-. The van der Waals surface area contributed by atoms with Gasteiger partial charge < -0.3 is 19.3 Å².